The maximum atomic E-state index is 10.7. The van der Waals surface area contributed by atoms with Crippen LogP contribution in [0.4, 0.5) is 5.69 Å². The summed E-state index contributed by atoms with van der Waals surface area (Å²) in [5.41, 5.74) is 8.36. The van der Waals surface area contributed by atoms with E-state index in [1.807, 2.05) is 17.5 Å². The lowest BCUT2D eigenvalue weighted by Gasteiger charge is -2.01. The minimum atomic E-state index is 0.720. The first-order valence-electron chi connectivity index (χ1n) is 4.07. The third-order valence-electron chi connectivity index (χ3n) is 2.14. The molecule has 0 saturated heterocycles. The van der Waals surface area contributed by atoms with Crippen LogP contribution in [0.1, 0.15) is 15.9 Å². The van der Waals surface area contributed by atoms with Gasteiger partial charge in [-0.3, -0.25) is 4.79 Å². The summed E-state index contributed by atoms with van der Waals surface area (Å²) in [5.74, 6) is 0. The van der Waals surface area contributed by atoms with Gasteiger partial charge in [-0.25, -0.2) is 0 Å². The van der Waals surface area contributed by atoms with Crippen LogP contribution in [0.25, 0.3) is 10.1 Å². The predicted molar refractivity (Wildman–Crippen MR) is 64.3 cm³/mol. The SMILES string of the molecule is Nc1cc2c(C=O)csc2cc1CBr. The minimum Gasteiger partial charge on any atom is -0.398 e. The molecule has 0 fully saturated rings. The lowest BCUT2D eigenvalue weighted by molar-refractivity contribution is 0.112. The Morgan fingerprint density at radius 2 is 2.29 bits per heavy atom. The molecule has 0 aliphatic rings. The van der Waals surface area contributed by atoms with Gasteiger partial charge in [0.15, 0.2) is 6.29 Å². The lowest BCUT2D eigenvalue weighted by atomic mass is 10.1. The number of fused-ring (bicyclic) bond motifs is 1. The fraction of sp³-hybridized carbons (Fsp3) is 0.100. The largest absolute Gasteiger partial charge is 0.398 e. The zero-order valence-corrected chi connectivity index (χ0v) is 9.69. The third-order valence-corrected chi connectivity index (χ3v) is 3.70. The molecule has 72 valence electrons. The summed E-state index contributed by atoms with van der Waals surface area (Å²) in [6.45, 7) is 0. The van der Waals surface area contributed by atoms with Crippen molar-refractivity contribution in [2.75, 3.05) is 5.73 Å². The Labute approximate surface area is 93.9 Å². The average Bonchev–Trinajstić information content (AvgIpc) is 2.58. The molecule has 1 aromatic heterocycles. The van der Waals surface area contributed by atoms with E-state index < -0.39 is 0 Å². The van der Waals surface area contributed by atoms with Gasteiger partial charge in [-0.05, 0) is 17.7 Å². The van der Waals surface area contributed by atoms with Crippen LogP contribution in [0.2, 0.25) is 0 Å². The number of hydrogen-bond acceptors (Lipinski definition) is 3. The Bertz CT molecular complexity index is 492. The zero-order valence-electron chi connectivity index (χ0n) is 7.29. The highest BCUT2D eigenvalue weighted by atomic mass is 79.9. The number of thiophene rings is 1. The van der Waals surface area contributed by atoms with Crippen LogP contribution in [-0.4, -0.2) is 6.29 Å². The van der Waals surface area contributed by atoms with Gasteiger partial charge in [0.2, 0.25) is 0 Å². The predicted octanol–water partition coefficient (Wildman–Crippen LogP) is 3.19. The second kappa shape index (κ2) is 3.71. The number of benzene rings is 1. The van der Waals surface area contributed by atoms with Gasteiger partial charge in [0.25, 0.3) is 0 Å². The van der Waals surface area contributed by atoms with Crippen molar-refractivity contribution in [3.8, 4) is 0 Å². The standard InChI is InChI=1S/C10H8BrNOS/c11-3-6-1-10-8(2-9(6)12)7(4-13)5-14-10/h1-2,4-5H,3,12H2. The molecule has 1 aromatic carbocycles. The van der Waals surface area contributed by atoms with Crippen LogP contribution in [-0.2, 0) is 5.33 Å². The van der Waals surface area contributed by atoms with Gasteiger partial charge in [-0.2, -0.15) is 0 Å². The van der Waals surface area contributed by atoms with Crippen LogP contribution in [0, 0.1) is 0 Å². The maximum Gasteiger partial charge on any atom is 0.151 e. The molecule has 0 spiro atoms. The highest BCUT2D eigenvalue weighted by Gasteiger charge is 2.06. The molecule has 0 amide bonds. The van der Waals surface area contributed by atoms with Gasteiger partial charge < -0.3 is 5.73 Å². The van der Waals surface area contributed by atoms with Crippen LogP contribution in [0.3, 0.4) is 0 Å². The first-order chi connectivity index (χ1) is 6.76. The number of rotatable bonds is 2. The third kappa shape index (κ3) is 1.44. The molecule has 2 rings (SSSR count). The molecule has 2 nitrogen and oxygen atoms in total. The first-order valence-corrected chi connectivity index (χ1v) is 6.07. The number of carbonyl (C=O) groups is 1. The van der Waals surface area contributed by atoms with Crippen LogP contribution in [0.5, 0.6) is 0 Å². The van der Waals surface area contributed by atoms with E-state index in [0.717, 1.165) is 38.5 Å². The molecular weight excluding hydrogens is 262 g/mol. The van der Waals surface area contributed by atoms with E-state index in [9.17, 15) is 4.79 Å². The van der Waals surface area contributed by atoms with E-state index in [0.29, 0.717) is 0 Å². The van der Waals surface area contributed by atoms with Gasteiger partial charge in [-0.1, -0.05) is 15.9 Å². The van der Waals surface area contributed by atoms with Gasteiger partial charge in [0.1, 0.15) is 0 Å². The van der Waals surface area contributed by atoms with E-state index in [1.54, 1.807) is 11.3 Å². The van der Waals surface area contributed by atoms with Crippen molar-refractivity contribution in [3.05, 3.63) is 28.6 Å². The van der Waals surface area contributed by atoms with Crippen molar-refractivity contribution in [2.45, 2.75) is 5.33 Å². The van der Waals surface area contributed by atoms with Crippen LogP contribution in [0.15, 0.2) is 17.5 Å². The van der Waals surface area contributed by atoms with Crippen molar-refractivity contribution in [3.63, 3.8) is 0 Å². The molecule has 0 bridgehead atoms. The van der Waals surface area contributed by atoms with Gasteiger partial charge in [0.05, 0.1) is 0 Å². The molecule has 1 heterocycles. The highest BCUT2D eigenvalue weighted by molar-refractivity contribution is 9.08. The Kier molecular flexibility index (Phi) is 2.56. The average molecular weight is 270 g/mol. The number of aldehydes is 1. The number of nitrogen functional groups attached to an aromatic ring is 1. The summed E-state index contributed by atoms with van der Waals surface area (Å²) in [4.78, 5) is 10.7. The first kappa shape index (κ1) is 9.68. The molecule has 0 aliphatic heterocycles. The van der Waals surface area contributed by atoms with E-state index >= 15 is 0 Å². The van der Waals surface area contributed by atoms with Gasteiger partial charge in [-0.15, -0.1) is 11.3 Å². The van der Waals surface area contributed by atoms with E-state index in [4.69, 9.17) is 5.73 Å². The van der Waals surface area contributed by atoms with Gasteiger partial charge >= 0.3 is 0 Å². The monoisotopic (exact) mass is 269 g/mol. The van der Waals surface area contributed by atoms with Crippen LogP contribution >= 0.6 is 27.3 Å². The Morgan fingerprint density at radius 1 is 1.50 bits per heavy atom. The summed E-state index contributed by atoms with van der Waals surface area (Å²) in [6.07, 6.45) is 0.867. The number of hydrogen-bond donors (Lipinski definition) is 1. The lowest BCUT2D eigenvalue weighted by Crippen LogP contribution is -1.91. The fourth-order valence-electron chi connectivity index (χ4n) is 1.36. The molecule has 14 heavy (non-hydrogen) atoms. The quantitative estimate of drug-likeness (QED) is 0.517. The van der Waals surface area contributed by atoms with Crippen molar-refractivity contribution < 1.29 is 4.79 Å². The Hall–Kier alpha value is -0.870. The second-order valence-corrected chi connectivity index (χ2v) is 4.46. The van der Waals surface area contributed by atoms with Crippen molar-refractivity contribution in [2.24, 2.45) is 0 Å². The second-order valence-electron chi connectivity index (χ2n) is 2.99. The van der Waals surface area contributed by atoms with Crippen molar-refractivity contribution >= 4 is 49.3 Å². The summed E-state index contributed by atoms with van der Waals surface area (Å²) in [6, 6.07) is 3.89. The number of anilines is 1. The molecular formula is C10H8BrNOS. The molecule has 4 heteroatoms. The number of halogens is 1. The number of carbonyl (C=O) groups excluding carboxylic acids is 1. The molecule has 0 unspecified atom stereocenters. The van der Waals surface area contributed by atoms with E-state index in [1.165, 1.54) is 0 Å². The molecule has 0 atom stereocenters. The summed E-state index contributed by atoms with van der Waals surface area (Å²) in [7, 11) is 0. The summed E-state index contributed by atoms with van der Waals surface area (Å²) >= 11 is 4.94. The van der Waals surface area contributed by atoms with Crippen molar-refractivity contribution in [1.29, 1.82) is 0 Å². The maximum absolute atomic E-state index is 10.7. The number of nitrogens with two attached hydrogens (primary N) is 1. The topological polar surface area (TPSA) is 43.1 Å². The van der Waals surface area contributed by atoms with E-state index in [-0.39, 0.29) is 0 Å². The molecule has 0 aliphatic carbocycles. The molecule has 2 N–H and O–H groups in total. The highest BCUT2D eigenvalue weighted by Crippen LogP contribution is 2.30. The van der Waals surface area contributed by atoms with E-state index in [2.05, 4.69) is 15.9 Å². The molecule has 2 aromatic rings. The minimum absolute atomic E-state index is 0.720. The normalized spacial score (nSPS) is 10.6. The van der Waals surface area contributed by atoms with Gasteiger partial charge in [0, 0.05) is 32.0 Å². The molecule has 0 saturated carbocycles. The Balaban J connectivity index is 2.75. The summed E-state index contributed by atoms with van der Waals surface area (Å²) in [5, 5.41) is 3.55. The van der Waals surface area contributed by atoms with Crippen LogP contribution < -0.4 is 5.73 Å². The Morgan fingerprint density at radius 3 is 2.93 bits per heavy atom. The van der Waals surface area contributed by atoms with Crippen molar-refractivity contribution in [1.82, 2.24) is 0 Å². The summed E-state index contributed by atoms with van der Waals surface area (Å²) < 4.78 is 1.11. The fourth-order valence-corrected chi connectivity index (χ4v) is 2.80. The zero-order chi connectivity index (χ0) is 10.1. The molecule has 0 radical (unpaired) electrons. The number of alkyl halides is 1. The smallest absolute Gasteiger partial charge is 0.151 e.